The highest BCUT2D eigenvalue weighted by atomic mass is 19.4. The number of alkyl halides is 3. The van der Waals surface area contributed by atoms with E-state index >= 15 is 0 Å². The Morgan fingerprint density at radius 3 is 2.30 bits per heavy atom. The van der Waals surface area contributed by atoms with E-state index in [0.29, 0.717) is 37.9 Å². The molecule has 2 aliphatic rings. The van der Waals surface area contributed by atoms with Crippen molar-refractivity contribution in [3.05, 3.63) is 29.8 Å². The molecule has 1 spiro atoms. The number of carbonyl (C=O) groups excluding carboxylic acids is 1. The molecule has 1 amide bonds. The van der Waals surface area contributed by atoms with E-state index in [9.17, 15) is 23.1 Å². The fraction of sp³-hybridized carbons (Fsp3) is 0.588. The fourth-order valence-electron chi connectivity index (χ4n) is 3.71. The molecule has 1 heterocycles. The molecular formula is C17H20F3NO2. The Kier molecular flexibility index (Phi) is 4.12. The molecule has 0 atom stereocenters. The Morgan fingerprint density at radius 2 is 1.74 bits per heavy atom. The molecular weight excluding hydrogens is 307 g/mol. The van der Waals surface area contributed by atoms with Crippen molar-refractivity contribution in [3.63, 3.8) is 0 Å². The largest absolute Gasteiger partial charge is 0.393 e. The van der Waals surface area contributed by atoms with Crippen LogP contribution in [-0.2, 0) is 11.2 Å². The number of benzene rings is 1. The standard InChI is InChI=1S/C17H20F3NO2/c18-17(19,20)11-12-1-3-13(4-2-12)21-10-9-16(15(21)23)7-5-14(22)6-8-16/h1-4,14,22H,5-11H2/t14-,16+. The lowest BCUT2D eigenvalue weighted by atomic mass is 9.72. The van der Waals surface area contributed by atoms with Gasteiger partial charge < -0.3 is 10.0 Å². The zero-order valence-electron chi connectivity index (χ0n) is 12.8. The molecule has 3 nitrogen and oxygen atoms in total. The Labute approximate surface area is 133 Å². The van der Waals surface area contributed by atoms with Crippen molar-refractivity contribution in [1.82, 2.24) is 0 Å². The Morgan fingerprint density at radius 1 is 1.13 bits per heavy atom. The maximum Gasteiger partial charge on any atom is 0.393 e. The second-order valence-electron chi connectivity index (χ2n) is 6.68. The van der Waals surface area contributed by atoms with E-state index in [0.717, 1.165) is 6.42 Å². The minimum Gasteiger partial charge on any atom is -0.393 e. The molecule has 126 valence electrons. The molecule has 2 fully saturated rings. The fourth-order valence-corrected chi connectivity index (χ4v) is 3.71. The summed E-state index contributed by atoms with van der Waals surface area (Å²) < 4.78 is 37.2. The van der Waals surface area contributed by atoms with Crippen LogP contribution in [0.2, 0.25) is 0 Å². The highest BCUT2D eigenvalue weighted by Gasteiger charge is 2.48. The number of aliphatic hydroxyl groups is 1. The van der Waals surface area contributed by atoms with E-state index in [2.05, 4.69) is 0 Å². The van der Waals surface area contributed by atoms with Gasteiger partial charge in [0.1, 0.15) is 0 Å². The summed E-state index contributed by atoms with van der Waals surface area (Å²) in [5.41, 5.74) is 0.469. The second-order valence-corrected chi connectivity index (χ2v) is 6.68. The molecule has 1 aromatic carbocycles. The van der Waals surface area contributed by atoms with Crippen molar-refractivity contribution in [2.75, 3.05) is 11.4 Å². The molecule has 1 N–H and O–H groups in total. The summed E-state index contributed by atoms with van der Waals surface area (Å²) in [7, 11) is 0. The highest BCUT2D eigenvalue weighted by Crippen LogP contribution is 2.46. The zero-order chi connectivity index (χ0) is 16.7. The van der Waals surface area contributed by atoms with Crippen LogP contribution in [0, 0.1) is 5.41 Å². The summed E-state index contributed by atoms with van der Waals surface area (Å²) in [4.78, 5) is 14.4. The van der Waals surface area contributed by atoms with Gasteiger partial charge in [-0.25, -0.2) is 0 Å². The summed E-state index contributed by atoms with van der Waals surface area (Å²) in [6.45, 7) is 0.591. The number of nitrogens with zero attached hydrogens (tertiary/aromatic N) is 1. The molecule has 0 bridgehead atoms. The van der Waals surface area contributed by atoms with Crippen LogP contribution in [0.3, 0.4) is 0 Å². The van der Waals surface area contributed by atoms with Gasteiger partial charge >= 0.3 is 6.18 Å². The quantitative estimate of drug-likeness (QED) is 0.904. The van der Waals surface area contributed by atoms with Crippen LogP contribution in [0.25, 0.3) is 0 Å². The van der Waals surface area contributed by atoms with Crippen LogP contribution in [0.1, 0.15) is 37.7 Å². The van der Waals surface area contributed by atoms with Gasteiger partial charge in [-0.1, -0.05) is 12.1 Å². The van der Waals surface area contributed by atoms with Crippen LogP contribution in [-0.4, -0.2) is 29.8 Å². The topological polar surface area (TPSA) is 40.5 Å². The summed E-state index contributed by atoms with van der Waals surface area (Å²) in [5, 5.41) is 9.63. The van der Waals surface area contributed by atoms with E-state index in [4.69, 9.17) is 0 Å². The first kappa shape index (κ1) is 16.3. The van der Waals surface area contributed by atoms with Gasteiger partial charge in [-0.15, -0.1) is 0 Å². The summed E-state index contributed by atoms with van der Waals surface area (Å²) in [6.07, 6.45) is -2.08. The van der Waals surface area contributed by atoms with E-state index in [1.54, 1.807) is 17.0 Å². The van der Waals surface area contributed by atoms with Crippen molar-refractivity contribution in [3.8, 4) is 0 Å². The van der Waals surface area contributed by atoms with Gasteiger partial charge in [0.15, 0.2) is 0 Å². The predicted octanol–water partition coefficient (Wildman–Crippen LogP) is 3.45. The molecule has 6 heteroatoms. The third kappa shape index (κ3) is 3.37. The van der Waals surface area contributed by atoms with E-state index in [1.165, 1.54) is 12.1 Å². The maximum absolute atomic E-state index is 12.8. The first-order chi connectivity index (χ1) is 10.8. The third-order valence-electron chi connectivity index (χ3n) is 5.08. The Bertz CT molecular complexity index is 574. The van der Waals surface area contributed by atoms with Crippen LogP contribution < -0.4 is 4.90 Å². The maximum atomic E-state index is 12.8. The van der Waals surface area contributed by atoms with Crippen molar-refractivity contribution in [2.45, 2.75) is 50.8 Å². The molecule has 0 radical (unpaired) electrons. The molecule has 0 unspecified atom stereocenters. The molecule has 0 aromatic heterocycles. The van der Waals surface area contributed by atoms with Crippen molar-refractivity contribution < 1.29 is 23.1 Å². The van der Waals surface area contributed by atoms with Gasteiger partial charge in [-0.3, -0.25) is 4.79 Å². The van der Waals surface area contributed by atoms with E-state index in [-0.39, 0.29) is 23.0 Å². The van der Waals surface area contributed by atoms with Crippen LogP contribution in [0.15, 0.2) is 24.3 Å². The number of aliphatic hydroxyl groups excluding tert-OH is 1. The first-order valence-corrected chi connectivity index (χ1v) is 7.95. The van der Waals surface area contributed by atoms with Gasteiger partial charge in [-0.2, -0.15) is 13.2 Å². The van der Waals surface area contributed by atoms with Crippen LogP contribution in [0.4, 0.5) is 18.9 Å². The average molecular weight is 327 g/mol. The minimum atomic E-state index is -4.22. The number of halogens is 3. The minimum absolute atomic E-state index is 0.0490. The van der Waals surface area contributed by atoms with E-state index < -0.39 is 12.6 Å². The van der Waals surface area contributed by atoms with Gasteiger partial charge in [0.25, 0.3) is 0 Å². The molecule has 1 saturated heterocycles. The third-order valence-corrected chi connectivity index (χ3v) is 5.08. The monoisotopic (exact) mass is 327 g/mol. The van der Waals surface area contributed by atoms with Crippen molar-refractivity contribution >= 4 is 11.6 Å². The number of amides is 1. The van der Waals surface area contributed by atoms with Crippen LogP contribution in [0.5, 0.6) is 0 Å². The predicted molar refractivity (Wildman–Crippen MR) is 80.1 cm³/mol. The molecule has 23 heavy (non-hydrogen) atoms. The van der Waals surface area contributed by atoms with Crippen molar-refractivity contribution in [1.29, 1.82) is 0 Å². The first-order valence-electron chi connectivity index (χ1n) is 7.95. The lowest BCUT2D eigenvalue weighted by Crippen LogP contribution is -2.38. The molecule has 1 aliphatic heterocycles. The summed E-state index contributed by atoms with van der Waals surface area (Å²) in [5.74, 6) is 0.0490. The normalized spacial score (nSPS) is 28.6. The Hall–Kier alpha value is -1.56. The lowest BCUT2D eigenvalue weighted by molar-refractivity contribution is -0.128. The summed E-state index contributed by atoms with van der Waals surface area (Å²) in [6, 6.07) is 6.06. The highest BCUT2D eigenvalue weighted by molar-refractivity contribution is 5.99. The smallest absolute Gasteiger partial charge is 0.393 e. The van der Waals surface area contributed by atoms with Crippen molar-refractivity contribution in [2.24, 2.45) is 5.41 Å². The number of hydrogen-bond donors (Lipinski definition) is 1. The number of carbonyl (C=O) groups is 1. The van der Waals surface area contributed by atoms with Gasteiger partial charge in [-0.05, 0) is 49.8 Å². The summed E-state index contributed by atoms with van der Waals surface area (Å²) >= 11 is 0. The lowest BCUT2D eigenvalue weighted by Gasteiger charge is -2.33. The SMILES string of the molecule is O=C1N(c2ccc(CC(F)(F)F)cc2)CC[C@]12CC[C@H](O)CC2. The van der Waals surface area contributed by atoms with Gasteiger partial charge in [0.2, 0.25) is 5.91 Å². The zero-order valence-corrected chi connectivity index (χ0v) is 12.8. The Balaban J connectivity index is 1.72. The molecule has 1 aromatic rings. The van der Waals surface area contributed by atoms with Crippen LogP contribution >= 0.6 is 0 Å². The van der Waals surface area contributed by atoms with E-state index in [1.807, 2.05) is 0 Å². The molecule has 1 aliphatic carbocycles. The number of anilines is 1. The molecule has 3 rings (SSSR count). The second kappa shape index (κ2) is 5.82. The average Bonchev–Trinajstić information content (AvgIpc) is 2.79. The van der Waals surface area contributed by atoms with Gasteiger partial charge in [0.05, 0.1) is 17.9 Å². The number of rotatable bonds is 2. The molecule has 1 saturated carbocycles. The van der Waals surface area contributed by atoms with Gasteiger partial charge in [0, 0.05) is 12.2 Å². The number of hydrogen-bond acceptors (Lipinski definition) is 2.